The zero-order valence-corrected chi connectivity index (χ0v) is 14.3. The molecule has 1 aromatic carbocycles. The number of ether oxygens (including phenoxy) is 3. The second-order valence-electron chi connectivity index (χ2n) is 6.30. The summed E-state index contributed by atoms with van der Waals surface area (Å²) in [6.07, 6.45) is -0.469. The van der Waals surface area contributed by atoms with Crippen molar-refractivity contribution in [2.75, 3.05) is 20.8 Å². The maximum atomic E-state index is 12.4. The number of methoxy groups -OCH3 is 2. The number of rotatable bonds is 6. The van der Waals surface area contributed by atoms with E-state index in [0.717, 1.165) is 5.56 Å². The van der Waals surface area contributed by atoms with Gasteiger partial charge < -0.3 is 19.5 Å². The largest absolute Gasteiger partial charge is 0.467 e. The number of hydrogen-bond acceptors (Lipinski definition) is 5. The van der Waals surface area contributed by atoms with Gasteiger partial charge in [0.2, 0.25) is 0 Å². The van der Waals surface area contributed by atoms with E-state index in [0.29, 0.717) is 0 Å². The van der Waals surface area contributed by atoms with Crippen molar-refractivity contribution in [3.63, 3.8) is 0 Å². The van der Waals surface area contributed by atoms with Crippen LogP contribution in [0.2, 0.25) is 0 Å². The Kier molecular flexibility index (Phi) is 6.57. The van der Waals surface area contributed by atoms with Crippen molar-refractivity contribution in [1.82, 2.24) is 5.32 Å². The average molecular weight is 323 g/mol. The molecule has 23 heavy (non-hydrogen) atoms. The Morgan fingerprint density at radius 1 is 1.09 bits per heavy atom. The normalized spacial score (nSPS) is 13.8. The Morgan fingerprint density at radius 2 is 1.70 bits per heavy atom. The summed E-state index contributed by atoms with van der Waals surface area (Å²) < 4.78 is 15.3. The van der Waals surface area contributed by atoms with Gasteiger partial charge in [-0.1, -0.05) is 30.3 Å². The molecule has 0 aromatic heterocycles. The molecule has 0 saturated carbocycles. The van der Waals surface area contributed by atoms with Crippen molar-refractivity contribution < 1.29 is 23.8 Å². The molecule has 0 heterocycles. The average Bonchev–Trinajstić information content (AvgIpc) is 2.45. The van der Waals surface area contributed by atoms with Crippen molar-refractivity contribution in [3.8, 4) is 0 Å². The summed E-state index contributed by atoms with van der Waals surface area (Å²) in [6.45, 7) is 5.22. The summed E-state index contributed by atoms with van der Waals surface area (Å²) in [5.41, 5.74) is -1.16. The van der Waals surface area contributed by atoms with E-state index in [-0.39, 0.29) is 13.0 Å². The van der Waals surface area contributed by atoms with Gasteiger partial charge in [-0.3, -0.25) is 0 Å². The molecule has 0 aliphatic carbocycles. The van der Waals surface area contributed by atoms with Crippen LogP contribution in [0.1, 0.15) is 26.3 Å². The number of nitrogens with one attached hydrogen (secondary N) is 1. The van der Waals surface area contributed by atoms with Crippen LogP contribution >= 0.6 is 0 Å². The zero-order valence-electron chi connectivity index (χ0n) is 14.3. The SMILES string of the molecule is COCC(Cc1ccccc1)(NC(=O)OC(C)(C)C)C(=O)OC. The highest BCUT2D eigenvalue weighted by Gasteiger charge is 2.42. The van der Waals surface area contributed by atoms with Crippen LogP contribution in [0.15, 0.2) is 30.3 Å². The molecule has 1 atom stereocenters. The van der Waals surface area contributed by atoms with Crippen LogP contribution in [0.5, 0.6) is 0 Å². The number of carbonyl (C=O) groups is 2. The molecule has 0 fully saturated rings. The molecule has 6 heteroatoms. The van der Waals surface area contributed by atoms with Crippen molar-refractivity contribution in [1.29, 1.82) is 0 Å². The third-order valence-corrected chi connectivity index (χ3v) is 3.06. The lowest BCUT2D eigenvalue weighted by Gasteiger charge is -2.32. The van der Waals surface area contributed by atoms with Gasteiger partial charge in [0.1, 0.15) is 5.60 Å². The molecule has 1 rings (SSSR count). The van der Waals surface area contributed by atoms with Crippen LogP contribution in [0, 0.1) is 0 Å². The summed E-state index contributed by atoms with van der Waals surface area (Å²) in [7, 11) is 2.73. The molecule has 6 nitrogen and oxygen atoms in total. The highest BCUT2D eigenvalue weighted by atomic mass is 16.6. The molecule has 0 saturated heterocycles. The van der Waals surface area contributed by atoms with Crippen molar-refractivity contribution in [3.05, 3.63) is 35.9 Å². The Morgan fingerprint density at radius 3 is 2.17 bits per heavy atom. The van der Waals surface area contributed by atoms with Gasteiger partial charge in [-0.05, 0) is 26.3 Å². The van der Waals surface area contributed by atoms with E-state index in [2.05, 4.69) is 5.32 Å². The minimum absolute atomic E-state index is 0.0339. The van der Waals surface area contributed by atoms with Gasteiger partial charge in [-0.15, -0.1) is 0 Å². The topological polar surface area (TPSA) is 73.9 Å². The summed E-state index contributed by atoms with van der Waals surface area (Å²) in [6, 6.07) is 9.32. The third kappa shape index (κ3) is 5.90. The molecular weight excluding hydrogens is 298 g/mol. The fourth-order valence-electron chi connectivity index (χ4n) is 2.20. The van der Waals surface area contributed by atoms with Crippen LogP contribution in [0.3, 0.4) is 0 Å². The predicted octanol–water partition coefficient (Wildman–Crippen LogP) is 2.31. The Bertz CT molecular complexity index is 524. The fraction of sp³-hybridized carbons (Fsp3) is 0.529. The van der Waals surface area contributed by atoms with Gasteiger partial charge in [0.15, 0.2) is 5.54 Å². The number of hydrogen-bond donors (Lipinski definition) is 1. The molecule has 1 aromatic rings. The molecule has 0 aliphatic heterocycles. The molecule has 1 unspecified atom stereocenters. The van der Waals surface area contributed by atoms with E-state index in [4.69, 9.17) is 14.2 Å². The number of benzene rings is 1. The smallest absolute Gasteiger partial charge is 0.408 e. The van der Waals surface area contributed by atoms with Crippen molar-refractivity contribution in [2.24, 2.45) is 0 Å². The third-order valence-electron chi connectivity index (χ3n) is 3.06. The first-order valence-corrected chi connectivity index (χ1v) is 7.35. The molecule has 0 spiro atoms. The molecule has 0 radical (unpaired) electrons. The number of esters is 1. The summed E-state index contributed by atoms with van der Waals surface area (Å²) >= 11 is 0. The maximum Gasteiger partial charge on any atom is 0.408 e. The second kappa shape index (κ2) is 7.97. The molecule has 1 N–H and O–H groups in total. The maximum absolute atomic E-state index is 12.4. The van der Waals surface area contributed by atoms with Gasteiger partial charge in [0, 0.05) is 13.5 Å². The van der Waals surface area contributed by atoms with Crippen LogP contribution < -0.4 is 5.32 Å². The van der Waals surface area contributed by atoms with Gasteiger partial charge >= 0.3 is 12.1 Å². The van der Waals surface area contributed by atoms with Gasteiger partial charge in [-0.2, -0.15) is 0 Å². The highest BCUT2D eigenvalue weighted by molar-refractivity contribution is 5.86. The summed E-state index contributed by atoms with van der Waals surface area (Å²) in [5.74, 6) is -0.589. The molecule has 0 aliphatic rings. The highest BCUT2D eigenvalue weighted by Crippen LogP contribution is 2.18. The summed E-state index contributed by atoms with van der Waals surface area (Å²) in [4.78, 5) is 24.5. The second-order valence-corrected chi connectivity index (χ2v) is 6.30. The predicted molar refractivity (Wildman–Crippen MR) is 86.1 cm³/mol. The molecular formula is C17H25NO5. The number of amides is 1. The fourth-order valence-corrected chi connectivity index (χ4v) is 2.20. The lowest BCUT2D eigenvalue weighted by molar-refractivity contribution is -0.151. The Balaban J connectivity index is 3.07. The monoisotopic (exact) mass is 323 g/mol. The zero-order chi connectivity index (χ0) is 17.5. The first-order chi connectivity index (χ1) is 10.7. The van der Waals surface area contributed by atoms with Gasteiger partial charge in [-0.25, -0.2) is 9.59 Å². The lowest BCUT2D eigenvalue weighted by atomic mass is 9.91. The number of alkyl carbamates (subject to hydrolysis) is 1. The van der Waals surface area contributed by atoms with Crippen molar-refractivity contribution >= 4 is 12.1 Å². The van der Waals surface area contributed by atoms with E-state index >= 15 is 0 Å². The van der Waals surface area contributed by atoms with Crippen molar-refractivity contribution in [2.45, 2.75) is 38.3 Å². The summed E-state index contributed by atoms with van der Waals surface area (Å²) in [5, 5.41) is 2.63. The van der Waals surface area contributed by atoms with Gasteiger partial charge in [0.25, 0.3) is 0 Å². The van der Waals surface area contributed by atoms with Crippen LogP contribution in [0.25, 0.3) is 0 Å². The minimum atomic E-state index is -1.35. The minimum Gasteiger partial charge on any atom is -0.467 e. The van der Waals surface area contributed by atoms with E-state index in [9.17, 15) is 9.59 Å². The first kappa shape index (κ1) is 19.0. The Hall–Kier alpha value is -2.08. The van der Waals surface area contributed by atoms with Crippen LogP contribution in [-0.2, 0) is 25.4 Å². The number of carbonyl (C=O) groups excluding carboxylic acids is 2. The standard InChI is InChI=1S/C17H25NO5/c1-16(2,3)23-15(20)18-17(12-21-4,14(19)22-5)11-13-9-7-6-8-10-13/h6-10H,11-12H2,1-5H3,(H,18,20). The molecule has 1 amide bonds. The van der Waals surface area contributed by atoms with E-state index < -0.39 is 23.2 Å². The van der Waals surface area contributed by atoms with E-state index in [1.54, 1.807) is 20.8 Å². The van der Waals surface area contributed by atoms with Crippen LogP contribution in [0.4, 0.5) is 4.79 Å². The molecule has 0 bridgehead atoms. The first-order valence-electron chi connectivity index (χ1n) is 7.35. The van der Waals surface area contributed by atoms with Crippen LogP contribution in [-0.4, -0.2) is 44.0 Å². The Labute approximate surface area is 137 Å². The quantitative estimate of drug-likeness (QED) is 0.813. The molecule has 128 valence electrons. The lowest BCUT2D eigenvalue weighted by Crippen LogP contribution is -2.60. The van der Waals surface area contributed by atoms with E-state index in [1.165, 1.54) is 14.2 Å². The van der Waals surface area contributed by atoms with Gasteiger partial charge in [0.05, 0.1) is 13.7 Å². The van der Waals surface area contributed by atoms with E-state index in [1.807, 2.05) is 30.3 Å².